The molecule has 216 valence electrons. The number of rotatable bonds is 8. The molecule has 2 saturated heterocycles. The van der Waals surface area contributed by atoms with Crippen molar-refractivity contribution in [3.8, 4) is 0 Å². The summed E-state index contributed by atoms with van der Waals surface area (Å²) in [6.07, 6.45) is 0. The highest BCUT2D eigenvalue weighted by molar-refractivity contribution is 5.50. The number of azo groups is 3. The molecule has 0 aliphatic carbocycles. The summed E-state index contributed by atoms with van der Waals surface area (Å²) in [5, 5.41) is 76.3. The molecule has 0 spiro atoms. The maximum absolute atomic E-state index is 12.7. The van der Waals surface area contributed by atoms with E-state index >= 15 is 0 Å². The third-order valence-electron chi connectivity index (χ3n) is 5.52. The molecule has 2 aromatic rings. The lowest BCUT2D eigenvalue weighted by Crippen LogP contribution is -2.60. The molecule has 0 bridgehead atoms. The molecule has 40 heavy (non-hydrogen) atoms. The zero-order valence-corrected chi connectivity index (χ0v) is 21.1. The topological polar surface area (TPSA) is 303 Å². The first-order valence-electron chi connectivity index (χ1n) is 11.0. The van der Waals surface area contributed by atoms with Gasteiger partial charge in [0.05, 0.1) is 0 Å². The van der Waals surface area contributed by atoms with Gasteiger partial charge in [-0.3, -0.25) is 20.2 Å². The van der Waals surface area contributed by atoms with Crippen molar-refractivity contribution < 1.29 is 47.8 Å². The maximum Gasteiger partial charge on any atom is 0.484 e. The Balaban J connectivity index is 1.58. The van der Waals surface area contributed by atoms with E-state index in [0.717, 1.165) is 0 Å². The molecule has 0 aromatic carbocycles. The van der Waals surface area contributed by atoms with Crippen LogP contribution in [-0.4, -0.2) is 89.5 Å². The van der Waals surface area contributed by atoms with Crippen molar-refractivity contribution >= 4 is 23.3 Å². The van der Waals surface area contributed by atoms with Gasteiger partial charge in [0.25, 0.3) is 11.6 Å². The molecule has 0 amide bonds. The predicted molar refractivity (Wildman–Crippen MR) is 116 cm³/mol. The van der Waals surface area contributed by atoms with Gasteiger partial charge in [-0.1, -0.05) is 0 Å². The van der Waals surface area contributed by atoms with Gasteiger partial charge in [0.1, 0.15) is 9.85 Å². The van der Waals surface area contributed by atoms with Crippen LogP contribution < -0.4 is 0 Å². The van der Waals surface area contributed by atoms with Gasteiger partial charge in [-0.15, -0.1) is 10.2 Å². The van der Waals surface area contributed by atoms with E-state index in [0.29, 0.717) is 0 Å². The van der Waals surface area contributed by atoms with Gasteiger partial charge in [0, 0.05) is 10.2 Å². The second kappa shape index (κ2) is 10.1. The van der Waals surface area contributed by atoms with Crippen molar-refractivity contribution in [2.24, 2.45) is 20.5 Å². The summed E-state index contributed by atoms with van der Waals surface area (Å²) in [7, 11) is 0. The molecular weight excluding hydrogens is 552 g/mol. The van der Waals surface area contributed by atoms with Crippen LogP contribution in [0.5, 0.6) is 0 Å². The summed E-state index contributed by atoms with van der Waals surface area (Å²) < 4.78 is 29.9. The van der Waals surface area contributed by atoms with Crippen LogP contribution in [0.25, 0.3) is 0 Å². The summed E-state index contributed by atoms with van der Waals surface area (Å²) in [6, 6.07) is 0. The number of hydrogen-bond acceptors (Lipinski definition) is 20. The molecule has 2 aromatic heterocycles. The smallest absolute Gasteiger partial charge is 0.484 e. The van der Waals surface area contributed by atoms with Gasteiger partial charge < -0.3 is 29.4 Å². The summed E-state index contributed by atoms with van der Waals surface area (Å²) in [4.78, 5) is 20.9. The Labute approximate surface area is 220 Å². The molecule has 4 rings (SSSR count). The monoisotopic (exact) mass is 572 g/mol. The third kappa shape index (κ3) is 5.40. The second-order valence-electron chi connectivity index (χ2n) is 9.20. The van der Waals surface area contributed by atoms with Crippen molar-refractivity contribution in [3.05, 3.63) is 30.6 Å². The first-order chi connectivity index (χ1) is 18.7. The van der Waals surface area contributed by atoms with Crippen LogP contribution in [0.3, 0.4) is 0 Å². The normalized spacial score (nSPS) is 22.3. The quantitative estimate of drug-likeness (QED) is 0.142. The lowest BCUT2D eigenvalue weighted by molar-refractivity contribution is -0.825. The van der Waals surface area contributed by atoms with Gasteiger partial charge in [-0.2, -0.15) is 0 Å². The van der Waals surface area contributed by atoms with Crippen molar-refractivity contribution in [3.63, 3.8) is 0 Å². The van der Waals surface area contributed by atoms with Crippen LogP contribution in [0.15, 0.2) is 29.7 Å². The number of hydrogen-bond donors (Lipinski definition) is 0. The summed E-state index contributed by atoms with van der Waals surface area (Å²) in [6.45, 7) is 3.30. The molecule has 0 unspecified atom stereocenters. The number of nitrogens with zero attached hydrogens (tertiary/aromatic N) is 12. The van der Waals surface area contributed by atoms with Gasteiger partial charge in [0.2, 0.25) is 0 Å². The van der Waals surface area contributed by atoms with E-state index in [1.165, 1.54) is 27.7 Å². The van der Waals surface area contributed by atoms with Gasteiger partial charge in [-0.25, -0.2) is 9.26 Å². The molecule has 2 fully saturated rings. The first kappa shape index (κ1) is 28.3. The van der Waals surface area contributed by atoms with E-state index in [-0.39, 0.29) is 9.72 Å². The standard InChI is InChI=1S/C16H20N12O12/c1-13(2)35-5-15(6-36-13,27(31)32)25(29)19-11-9(21-39-23-11)17-18-10-12(24-40-22-10)20-26(30)16(28(33)34)7-37-14(3,4)38-8-16/h5-8H2,1-4H3. The Hall–Kier alpha value is -4.68. The van der Waals surface area contributed by atoms with Crippen molar-refractivity contribution in [1.29, 1.82) is 0 Å². The molecule has 24 nitrogen and oxygen atoms in total. The number of hydroxylamine groups is 2. The van der Waals surface area contributed by atoms with Crippen molar-refractivity contribution in [2.45, 2.75) is 50.6 Å². The molecule has 2 aliphatic rings. The van der Waals surface area contributed by atoms with E-state index in [1.54, 1.807) is 0 Å². The Kier molecular flexibility index (Phi) is 7.18. The lowest BCUT2D eigenvalue weighted by atomic mass is 10.2. The molecular formula is C16H20N12O12. The molecule has 4 heterocycles. The van der Waals surface area contributed by atoms with Crippen LogP contribution in [0.1, 0.15) is 27.7 Å². The van der Waals surface area contributed by atoms with E-state index in [9.17, 15) is 30.6 Å². The van der Waals surface area contributed by atoms with E-state index in [4.69, 9.17) is 18.9 Å². The largest absolute Gasteiger partial charge is 0.594 e. The molecule has 0 saturated carbocycles. The van der Waals surface area contributed by atoms with E-state index in [2.05, 4.69) is 50.3 Å². The van der Waals surface area contributed by atoms with Crippen LogP contribution in [0.2, 0.25) is 0 Å². The minimum atomic E-state index is -2.46. The zero-order valence-electron chi connectivity index (χ0n) is 21.1. The average molecular weight is 572 g/mol. The summed E-state index contributed by atoms with van der Waals surface area (Å²) in [5.74, 6) is -4.76. The third-order valence-corrected chi connectivity index (χ3v) is 5.52. The zero-order chi connectivity index (χ0) is 29.3. The molecule has 0 N–H and O–H groups in total. The lowest BCUT2D eigenvalue weighted by Gasteiger charge is -2.34. The summed E-state index contributed by atoms with van der Waals surface area (Å²) in [5.41, 5.74) is -4.92. The highest BCUT2D eigenvalue weighted by atomic mass is 16.7. The summed E-state index contributed by atoms with van der Waals surface area (Å²) >= 11 is 0. The molecule has 0 atom stereocenters. The second-order valence-corrected chi connectivity index (χ2v) is 9.20. The number of nitro groups is 2. The van der Waals surface area contributed by atoms with E-state index in [1.807, 2.05) is 0 Å². The van der Waals surface area contributed by atoms with Gasteiger partial charge in [0.15, 0.2) is 38.0 Å². The fraction of sp³-hybridized carbons (Fsp3) is 0.750. The van der Waals surface area contributed by atoms with Crippen LogP contribution in [0.4, 0.5) is 23.3 Å². The molecule has 0 radical (unpaired) electrons. The predicted octanol–water partition coefficient (Wildman–Crippen LogP) is 1.57. The number of ether oxygens (including phenoxy) is 4. The Morgan fingerprint density at radius 3 is 1.20 bits per heavy atom. The van der Waals surface area contributed by atoms with Crippen LogP contribution in [0, 0.1) is 30.6 Å². The first-order valence-corrected chi connectivity index (χ1v) is 11.0. The van der Waals surface area contributed by atoms with Crippen LogP contribution in [-0.2, 0) is 18.9 Å². The SMILES string of the molecule is CC1(C)OCC([N+](=O)[O-])([N+]([O-])=Nc2nonc2N=Nc2nonc2N=[N+]([O-])C2([N+](=O)[O-])COC(C)(C)OC2)CO1. The van der Waals surface area contributed by atoms with Crippen molar-refractivity contribution in [1.82, 2.24) is 20.6 Å². The fourth-order valence-corrected chi connectivity index (χ4v) is 2.96. The number of aromatic nitrogens is 4. The molecule has 24 heteroatoms. The highest BCUT2D eigenvalue weighted by Crippen LogP contribution is 2.33. The maximum atomic E-state index is 12.7. The van der Waals surface area contributed by atoms with Gasteiger partial charge >= 0.3 is 23.0 Å². The average Bonchev–Trinajstić information content (AvgIpc) is 3.51. The Bertz CT molecular complexity index is 1260. The van der Waals surface area contributed by atoms with Gasteiger partial charge in [-0.05, 0) is 58.0 Å². The van der Waals surface area contributed by atoms with Crippen molar-refractivity contribution in [2.75, 3.05) is 26.4 Å². The molecule has 2 aliphatic heterocycles. The minimum absolute atomic E-state index is 0.304. The highest BCUT2D eigenvalue weighted by Gasteiger charge is 2.61. The Morgan fingerprint density at radius 2 is 0.900 bits per heavy atom. The Morgan fingerprint density at radius 1 is 0.600 bits per heavy atom. The van der Waals surface area contributed by atoms with E-state index < -0.39 is 82.4 Å². The fourth-order valence-electron chi connectivity index (χ4n) is 2.96. The van der Waals surface area contributed by atoms with Crippen LogP contribution >= 0.6 is 0 Å². The minimum Gasteiger partial charge on any atom is -0.594 e.